The highest BCUT2D eigenvalue weighted by molar-refractivity contribution is 6.45. The van der Waals surface area contributed by atoms with Crippen molar-refractivity contribution in [2.24, 2.45) is 5.92 Å². The molecule has 0 aliphatic carbocycles. The van der Waals surface area contributed by atoms with Crippen LogP contribution in [0.1, 0.15) is 44.0 Å². The standard InChI is InChI=1S/C19H23N3O5/c1-4-9-21-17(25)18(26)22(19(21)27)11-15(23)13-5-7-14(8-6-13)20-16(24)10-12(2)3/h5-8,12H,4,9-11H2,1-3H3,(H,20,24). The topological polar surface area (TPSA) is 104 Å². The summed E-state index contributed by atoms with van der Waals surface area (Å²) in [5, 5.41) is 2.73. The molecule has 5 amide bonds. The molecule has 0 radical (unpaired) electrons. The molecule has 0 atom stereocenters. The number of ketones is 1. The lowest BCUT2D eigenvalue weighted by Gasteiger charge is -2.14. The number of rotatable bonds is 8. The van der Waals surface area contributed by atoms with E-state index in [2.05, 4.69) is 5.32 Å². The molecule has 1 N–H and O–H groups in total. The third-order valence-corrected chi connectivity index (χ3v) is 3.97. The molecule has 1 heterocycles. The molecule has 0 aromatic heterocycles. The molecule has 1 fully saturated rings. The van der Waals surface area contributed by atoms with Gasteiger partial charge in [0.05, 0.1) is 6.54 Å². The molecule has 27 heavy (non-hydrogen) atoms. The van der Waals surface area contributed by atoms with E-state index in [1.807, 2.05) is 13.8 Å². The lowest BCUT2D eigenvalue weighted by atomic mass is 10.1. The van der Waals surface area contributed by atoms with Gasteiger partial charge in [0, 0.05) is 24.2 Å². The average Bonchev–Trinajstić information content (AvgIpc) is 2.80. The number of hydrogen-bond donors (Lipinski definition) is 1. The fraction of sp³-hybridized carbons (Fsp3) is 0.421. The maximum Gasteiger partial charge on any atom is 0.334 e. The Bertz CT molecular complexity index is 770. The van der Waals surface area contributed by atoms with Gasteiger partial charge in [-0.1, -0.05) is 20.8 Å². The second-order valence-electron chi connectivity index (χ2n) is 6.78. The summed E-state index contributed by atoms with van der Waals surface area (Å²) in [7, 11) is 0. The number of amides is 5. The fourth-order valence-electron chi connectivity index (χ4n) is 2.67. The average molecular weight is 373 g/mol. The Morgan fingerprint density at radius 1 is 1.00 bits per heavy atom. The Morgan fingerprint density at radius 3 is 2.15 bits per heavy atom. The molecule has 1 aromatic carbocycles. The van der Waals surface area contributed by atoms with E-state index in [-0.39, 0.29) is 23.9 Å². The van der Waals surface area contributed by atoms with E-state index in [0.29, 0.717) is 23.4 Å². The first-order valence-corrected chi connectivity index (χ1v) is 8.85. The van der Waals surface area contributed by atoms with Gasteiger partial charge in [-0.2, -0.15) is 0 Å². The van der Waals surface area contributed by atoms with Crippen LogP contribution >= 0.6 is 0 Å². The SMILES string of the molecule is CCCN1C(=O)C(=O)N(CC(=O)c2ccc(NC(=O)CC(C)C)cc2)C1=O. The van der Waals surface area contributed by atoms with Crippen molar-refractivity contribution in [1.29, 1.82) is 0 Å². The minimum absolute atomic E-state index is 0.119. The summed E-state index contributed by atoms with van der Waals surface area (Å²) in [6.07, 6.45) is 0.915. The molecule has 8 heteroatoms. The highest BCUT2D eigenvalue weighted by atomic mass is 16.2. The highest BCUT2D eigenvalue weighted by Crippen LogP contribution is 2.16. The van der Waals surface area contributed by atoms with Crippen molar-refractivity contribution in [1.82, 2.24) is 9.80 Å². The number of nitrogens with zero attached hydrogens (tertiary/aromatic N) is 2. The molecule has 8 nitrogen and oxygen atoms in total. The number of anilines is 1. The van der Waals surface area contributed by atoms with E-state index in [9.17, 15) is 24.0 Å². The van der Waals surface area contributed by atoms with Crippen LogP contribution in [0.15, 0.2) is 24.3 Å². The molecular weight excluding hydrogens is 350 g/mol. The largest absolute Gasteiger partial charge is 0.334 e. The van der Waals surface area contributed by atoms with Crippen LogP contribution in [0.3, 0.4) is 0 Å². The first-order chi connectivity index (χ1) is 12.7. The second-order valence-corrected chi connectivity index (χ2v) is 6.78. The molecular formula is C19H23N3O5. The number of urea groups is 1. The lowest BCUT2D eigenvalue weighted by Crippen LogP contribution is -2.37. The Hall–Kier alpha value is -3.03. The van der Waals surface area contributed by atoms with E-state index in [0.717, 1.165) is 4.90 Å². The van der Waals surface area contributed by atoms with Crippen LogP contribution in [-0.2, 0) is 14.4 Å². The van der Waals surface area contributed by atoms with Gasteiger partial charge in [-0.15, -0.1) is 0 Å². The number of hydrogen-bond acceptors (Lipinski definition) is 5. The van der Waals surface area contributed by atoms with Gasteiger partial charge in [0.15, 0.2) is 5.78 Å². The van der Waals surface area contributed by atoms with E-state index < -0.39 is 30.2 Å². The third kappa shape index (κ3) is 4.78. The van der Waals surface area contributed by atoms with Crippen molar-refractivity contribution in [3.63, 3.8) is 0 Å². The summed E-state index contributed by atoms with van der Waals surface area (Å²) >= 11 is 0. The number of nitrogens with one attached hydrogen (secondary N) is 1. The van der Waals surface area contributed by atoms with Crippen LogP contribution in [0.25, 0.3) is 0 Å². The van der Waals surface area contributed by atoms with E-state index in [4.69, 9.17) is 0 Å². The van der Waals surface area contributed by atoms with E-state index >= 15 is 0 Å². The highest BCUT2D eigenvalue weighted by Gasteiger charge is 2.44. The molecule has 1 aromatic rings. The monoisotopic (exact) mass is 373 g/mol. The summed E-state index contributed by atoms with van der Waals surface area (Å²) in [6, 6.07) is 5.40. The maximum atomic E-state index is 12.4. The maximum absolute atomic E-state index is 12.4. The number of benzene rings is 1. The summed E-state index contributed by atoms with van der Waals surface area (Å²) in [4.78, 5) is 61.6. The van der Waals surface area contributed by atoms with Gasteiger partial charge in [-0.25, -0.2) is 9.69 Å². The lowest BCUT2D eigenvalue weighted by molar-refractivity contribution is -0.143. The Balaban J connectivity index is 2.02. The molecule has 1 aliphatic heterocycles. The normalized spacial score (nSPS) is 14.3. The number of carbonyl (C=O) groups is 5. The fourth-order valence-corrected chi connectivity index (χ4v) is 2.67. The molecule has 0 saturated carbocycles. The van der Waals surface area contributed by atoms with Gasteiger partial charge in [0.2, 0.25) is 5.91 Å². The molecule has 0 spiro atoms. The number of imide groups is 2. The third-order valence-electron chi connectivity index (χ3n) is 3.97. The Labute approximate surface area is 157 Å². The Kier molecular flexibility index (Phi) is 6.44. The van der Waals surface area contributed by atoms with Crippen LogP contribution in [0, 0.1) is 5.92 Å². The van der Waals surface area contributed by atoms with Gasteiger partial charge in [-0.05, 0) is 36.6 Å². The van der Waals surface area contributed by atoms with Gasteiger partial charge in [0.1, 0.15) is 0 Å². The summed E-state index contributed by atoms with van der Waals surface area (Å²) in [6.45, 7) is 5.30. The number of Topliss-reactive ketones (excluding diaryl/α,β-unsaturated/α-hetero) is 1. The zero-order valence-electron chi connectivity index (χ0n) is 15.7. The Morgan fingerprint density at radius 2 is 1.59 bits per heavy atom. The zero-order chi connectivity index (χ0) is 20.1. The van der Waals surface area contributed by atoms with Crippen LogP contribution in [0.5, 0.6) is 0 Å². The van der Waals surface area contributed by atoms with Crippen molar-refractivity contribution in [2.75, 3.05) is 18.4 Å². The predicted octanol–water partition coefficient (Wildman–Crippen LogP) is 2.05. The molecule has 0 bridgehead atoms. The summed E-state index contributed by atoms with van der Waals surface area (Å²) in [5.41, 5.74) is 0.827. The van der Waals surface area contributed by atoms with Crippen LogP contribution in [0.2, 0.25) is 0 Å². The van der Waals surface area contributed by atoms with Crippen LogP contribution < -0.4 is 5.32 Å². The molecule has 2 rings (SSSR count). The minimum Gasteiger partial charge on any atom is -0.326 e. The smallest absolute Gasteiger partial charge is 0.326 e. The van der Waals surface area contributed by atoms with Gasteiger partial charge < -0.3 is 5.32 Å². The minimum atomic E-state index is -0.987. The van der Waals surface area contributed by atoms with Crippen molar-refractivity contribution < 1.29 is 24.0 Å². The van der Waals surface area contributed by atoms with Crippen molar-refractivity contribution in [3.8, 4) is 0 Å². The quantitative estimate of drug-likeness (QED) is 0.427. The van der Waals surface area contributed by atoms with Crippen LogP contribution in [0.4, 0.5) is 10.5 Å². The van der Waals surface area contributed by atoms with E-state index in [1.54, 1.807) is 19.1 Å². The van der Waals surface area contributed by atoms with Gasteiger partial charge in [-0.3, -0.25) is 24.1 Å². The van der Waals surface area contributed by atoms with Crippen molar-refractivity contribution in [2.45, 2.75) is 33.6 Å². The summed E-state index contributed by atoms with van der Waals surface area (Å²) < 4.78 is 0. The molecule has 0 unspecified atom stereocenters. The second kappa shape index (κ2) is 8.57. The predicted molar refractivity (Wildman–Crippen MR) is 98.0 cm³/mol. The van der Waals surface area contributed by atoms with Gasteiger partial charge >= 0.3 is 17.8 Å². The molecule has 144 valence electrons. The first kappa shape index (κ1) is 20.3. The van der Waals surface area contributed by atoms with Crippen LogP contribution in [-0.4, -0.2) is 52.4 Å². The number of carbonyl (C=O) groups excluding carboxylic acids is 5. The zero-order valence-corrected chi connectivity index (χ0v) is 15.7. The summed E-state index contributed by atoms with van der Waals surface area (Å²) in [5.74, 6) is -2.25. The van der Waals surface area contributed by atoms with Crippen molar-refractivity contribution in [3.05, 3.63) is 29.8 Å². The first-order valence-electron chi connectivity index (χ1n) is 8.85. The molecule has 1 aliphatic rings. The van der Waals surface area contributed by atoms with Gasteiger partial charge in [0.25, 0.3) is 0 Å². The van der Waals surface area contributed by atoms with Crippen molar-refractivity contribution >= 4 is 35.2 Å². The molecule has 1 saturated heterocycles. The van der Waals surface area contributed by atoms with E-state index in [1.165, 1.54) is 12.1 Å².